The normalized spacial score (nSPS) is 11.9. The Kier molecular flexibility index (Phi) is 5.91. The first-order valence-electron chi connectivity index (χ1n) is 8.40. The van der Waals surface area contributed by atoms with Gasteiger partial charge in [0.1, 0.15) is 0 Å². The summed E-state index contributed by atoms with van der Waals surface area (Å²) in [4.78, 5) is 18.1. The predicted molar refractivity (Wildman–Crippen MR) is 98.5 cm³/mol. The van der Waals surface area contributed by atoms with Crippen molar-refractivity contribution in [3.05, 3.63) is 59.4 Å². The van der Waals surface area contributed by atoms with E-state index in [1.807, 2.05) is 37.3 Å². The molecular formula is C18H19ClN6O. The van der Waals surface area contributed by atoms with Gasteiger partial charge in [-0.15, -0.1) is 10.2 Å². The maximum Gasteiger partial charge on any atom is 0.246 e. The molecule has 7 nitrogen and oxygen atoms in total. The molecule has 3 aromatic rings. The van der Waals surface area contributed by atoms with Crippen molar-refractivity contribution in [3.8, 4) is 11.4 Å². The second kappa shape index (κ2) is 8.53. The van der Waals surface area contributed by atoms with E-state index in [-0.39, 0.29) is 5.91 Å². The first-order chi connectivity index (χ1) is 12.7. The summed E-state index contributed by atoms with van der Waals surface area (Å²) in [6, 6.07) is 12.4. The Bertz CT molecular complexity index is 850. The minimum atomic E-state index is -0.507. The summed E-state index contributed by atoms with van der Waals surface area (Å²) < 4.78 is 0. The molecule has 3 rings (SSSR count). The van der Waals surface area contributed by atoms with Gasteiger partial charge in [0, 0.05) is 35.4 Å². The Labute approximate surface area is 156 Å². The Morgan fingerprint density at radius 2 is 2.04 bits per heavy atom. The molecule has 0 aliphatic heterocycles. The number of rotatable bonds is 7. The maximum absolute atomic E-state index is 12.5. The summed E-state index contributed by atoms with van der Waals surface area (Å²) in [5.74, 6) is 0.324. The molecule has 1 N–H and O–H groups in total. The molecule has 0 saturated carbocycles. The molecular weight excluding hydrogens is 352 g/mol. The number of nitrogens with one attached hydrogen (secondary N) is 1. The number of carbonyl (C=O) groups is 1. The van der Waals surface area contributed by atoms with Crippen molar-refractivity contribution in [2.45, 2.75) is 25.8 Å². The number of pyridine rings is 1. The van der Waals surface area contributed by atoms with Crippen LogP contribution in [0.15, 0.2) is 48.7 Å². The van der Waals surface area contributed by atoms with Gasteiger partial charge in [0.05, 0.1) is 0 Å². The lowest BCUT2D eigenvalue weighted by Gasteiger charge is -2.13. The first kappa shape index (κ1) is 18.0. The molecule has 0 spiro atoms. The summed E-state index contributed by atoms with van der Waals surface area (Å²) in [5.41, 5.74) is 1.73. The molecule has 2 heterocycles. The number of hydrogen-bond donors (Lipinski definition) is 1. The Morgan fingerprint density at radius 1 is 1.23 bits per heavy atom. The summed E-state index contributed by atoms with van der Waals surface area (Å²) in [6.45, 7) is 2.42. The molecule has 8 heteroatoms. The standard InChI is InChI=1S/C18H19ClN6O/c1-2-16(18(26)21-12-10-15-5-3-4-11-20-15)25-23-17(22-24-25)13-6-8-14(19)9-7-13/h3-9,11,16H,2,10,12H2,1H3,(H,21,26). The highest BCUT2D eigenvalue weighted by Crippen LogP contribution is 2.18. The third-order valence-electron chi connectivity index (χ3n) is 3.91. The van der Waals surface area contributed by atoms with Crippen molar-refractivity contribution in [1.29, 1.82) is 0 Å². The average Bonchev–Trinajstić information content (AvgIpc) is 3.13. The maximum atomic E-state index is 12.5. The van der Waals surface area contributed by atoms with E-state index in [1.165, 1.54) is 4.80 Å². The molecule has 1 amide bonds. The van der Waals surface area contributed by atoms with Crippen molar-refractivity contribution < 1.29 is 4.79 Å². The number of amides is 1. The van der Waals surface area contributed by atoms with Gasteiger partial charge in [-0.05, 0) is 48.0 Å². The average molecular weight is 371 g/mol. The van der Waals surface area contributed by atoms with Gasteiger partial charge in [-0.2, -0.15) is 4.80 Å². The van der Waals surface area contributed by atoms with Crippen LogP contribution in [-0.4, -0.2) is 37.6 Å². The van der Waals surface area contributed by atoms with E-state index in [9.17, 15) is 4.79 Å². The summed E-state index contributed by atoms with van der Waals surface area (Å²) in [5, 5.41) is 16.0. The van der Waals surface area contributed by atoms with E-state index >= 15 is 0 Å². The molecule has 0 saturated heterocycles. The molecule has 1 aromatic carbocycles. The zero-order chi connectivity index (χ0) is 18.4. The van der Waals surface area contributed by atoms with Crippen LogP contribution in [0.5, 0.6) is 0 Å². The van der Waals surface area contributed by atoms with Crippen LogP contribution in [0.4, 0.5) is 0 Å². The highest BCUT2D eigenvalue weighted by Gasteiger charge is 2.21. The SMILES string of the molecule is CCC(C(=O)NCCc1ccccn1)n1nnc(-c2ccc(Cl)cc2)n1. The zero-order valence-corrected chi connectivity index (χ0v) is 15.1. The molecule has 0 fully saturated rings. The van der Waals surface area contributed by atoms with E-state index in [0.29, 0.717) is 30.2 Å². The van der Waals surface area contributed by atoms with E-state index in [0.717, 1.165) is 11.3 Å². The van der Waals surface area contributed by atoms with Gasteiger partial charge in [0.25, 0.3) is 0 Å². The molecule has 1 atom stereocenters. The number of benzene rings is 1. The molecule has 0 bridgehead atoms. The molecule has 0 radical (unpaired) electrons. The number of carbonyl (C=O) groups excluding carboxylic acids is 1. The van der Waals surface area contributed by atoms with Crippen molar-refractivity contribution in [2.24, 2.45) is 0 Å². The molecule has 1 unspecified atom stereocenters. The summed E-state index contributed by atoms with van der Waals surface area (Å²) >= 11 is 5.89. The van der Waals surface area contributed by atoms with Crippen molar-refractivity contribution >= 4 is 17.5 Å². The topological polar surface area (TPSA) is 85.6 Å². The van der Waals surface area contributed by atoms with Gasteiger partial charge < -0.3 is 5.32 Å². The van der Waals surface area contributed by atoms with Gasteiger partial charge in [0.15, 0.2) is 6.04 Å². The Hall–Kier alpha value is -2.80. The van der Waals surface area contributed by atoms with Crippen LogP contribution < -0.4 is 5.32 Å². The van der Waals surface area contributed by atoms with Crippen LogP contribution in [-0.2, 0) is 11.2 Å². The second-order valence-corrected chi connectivity index (χ2v) is 6.16. The second-order valence-electron chi connectivity index (χ2n) is 5.73. The van der Waals surface area contributed by atoms with E-state index in [2.05, 4.69) is 25.7 Å². The number of tetrazole rings is 1. The van der Waals surface area contributed by atoms with Crippen LogP contribution in [0.1, 0.15) is 25.1 Å². The van der Waals surface area contributed by atoms with E-state index in [1.54, 1.807) is 18.3 Å². The Morgan fingerprint density at radius 3 is 2.73 bits per heavy atom. The van der Waals surface area contributed by atoms with E-state index in [4.69, 9.17) is 11.6 Å². The lowest BCUT2D eigenvalue weighted by atomic mass is 10.2. The van der Waals surface area contributed by atoms with Crippen molar-refractivity contribution in [2.75, 3.05) is 6.54 Å². The summed E-state index contributed by atoms with van der Waals surface area (Å²) in [6.07, 6.45) is 2.97. The van der Waals surface area contributed by atoms with Gasteiger partial charge in [0.2, 0.25) is 11.7 Å². The number of halogens is 1. The van der Waals surface area contributed by atoms with Gasteiger partial charge >= 0.3 is 0 Å². The third-order valence-corrected chi connectivity index (χ3v) is 4.16. The molecule has 134 valence electrons. The molecule has 26 heavy (non-hydrogen) atoms. The first-order valence-corrected chi connectivity index (χ1v) is 8.78. The molecule has 2 aromatic heterocycles. The van der Waals surface area contributed by atoms with Crippen molar-refractivity contribution in [3.63, 3.8) is 0 Å². The molecule has 0 aliphatic rings. The monoisotopic (exact) mass is 370 g/mol. The Balaban J connectivity index is 1.62. The molecule has 0 aliphatic carbocycles. The lowest BCUT2D eigenvalue weighted by molar-refractivity contribution is -0.125. The zero-order valence-electron chi connectivity index (χ0n) is 14.3. The predicted octanol–water partition coefficient (Wildman–Crippen LogP) is 2.70. The summed E-state index contributed by atoms with van der Waals surface area (Å²) in [7, 11) is 0. The minimum Gasteiger partial charge on any atom is -0.354 e. The van der Waals surface area contributed by atoms with Crippen LogP contribution in [0.3, 0.4) is 0 Å². The van der Waals surface area contributed by atoms with Crippen LogP contribution in [0.2, 0.25) is 5.02 Å². The van der Waals surface area contributed by atoms with Crippen LogP contribution >= 0.6 is 11.6 Å². The smallest absolute Gasteiger partial charge is 0.246 e. The quantitative estimate of drug-likeness (QED) is 0.691. The van der Waals surface area contributed by atoms with Crippen molar-refractivity contribution in [1.82, 2.24) is 30.5 Å². The van der Waals surface area contributed by atoms with Crippen LogP contribution in [0.25, 0.3) is 11.4 Å². The highest BCUT2D eigenvalue weighted by molar-refractivity contribution is 6.30. The van der Waals surface area contributed by atoms with Crippen LogP contribution in [0, 0.1) is 0 Å². The van der Waals surface area contributed by atoms with Gasteiger partial charge in [-0.25, -0.2) is 0 Å². The fourth-order valence-corrected chi connectivity index (χ4v) is 2.63. The minimum absolute atomic E-state index is 0.136. The fraction of sp³-hybridized carbons (Fsp3) is 0.278. The number of aromatic nitrogens is 5. The van der Waals surface area contributed by atoms with Gasteiger partial charge in [-0.1, -0.05) is 24.6 Å². The fourth-order valence-electron chi connectivity index (χ4n) is 2.50. The number of nitrogens with zero attached hydrogens (tertiary/aromatic N) is 5. The number of hydrogen-bond acceptors (Lipinski definition) is 5. The highest BCUT2D eigenvalue weighted by atomic mass is 35.5. The third kappa shape index (κ3) is 4.43. The lowest BCUT2D eigenvalue weighted by Crippen LogP contribution is -2.34. The van der Waals surface area contributed by atoms with Gasteiger partial charge in [-0.3, -0.25) is 9.78 Å². The van der Waals surface area contributed by atoms with E-state index < -0.39 is 6.04 Å². The largest absolute Gasteiger partial charge is 0.354 e.